The number of carboxylic acids is 1. The minimum atomic E-state index is -4.91. The molecule has 1 aliphatic heterocycles. The van der Waals surface area contributed by atoms with Crippen LogP contribution >= 0.6 is 0 Å². The lowest BCUT2D eigenvalue weighted by Gasteiger charge is -2.22. The fourth-order valence-electron chi connectivity index (χ4n) is 4.64. The Labute approximate surface area is 225 Å². The third kappa shape index (κ3) is 5.82. The number of alkyl halides is 3. The molecule has 1 amide bonds. The predicted octanol–water partition coefficient (Wildman–Crippen LogP) is 3.28. The van der Waals surface area contributed by atoms with E-state index in [1.54, 1.807) is 5.32 Å². The Kier molecular flexibility index (Phi) is 7.98. The molecular weight excluding hydrogens is 569 g/mol. The SMILES string of the molecule is CC[C@H](NC(=O)c1cn(-c2c(F)cc(F)cc2F)c2nc(N3C[C@@H](CC(=O)O)[C@@H](O)C3)c(F)cc2c1=O)C(F)(F)F. The molecule has 0 bridgehead atoms. The lowest BCUT2D eigenvalue weighted by Crippen LogP contribution is -2.46. The molecule has 0 radical (unpaired) electrons. The second-order valence-electron chi connectivity index (χ2n) is 9.43. The highest BCUT2D eigenvalue weighted by molar-refractivity contribution is 5.97. The molecule has 9 nitrogen and oxygen atoms in total. The third-order valence-electron chi connectivity index (χ3n) is 6.63. The average Bonchev–Trinajstić information content (AvgIpc) is 3.21. The first-order valence-corrected chi connectivity index (χ1v) is 12.1. The van der Waals surface area contributed by atoms with E-state index in [1.165, 1.54) is 0 Å². The first-order chi connectivity index (χ1) is 19.1. The summed E-state index contributed by atoms with van der Waals surface area (Å²) >= 11 is 0. The van der Waals surface area contributed by atoms with Crippen LogP contribution in [0, 0.1) is 29.2 Å². The minimum Gasteiger partial charge on any atom is -0.481 e. The highest BCUT2D eigenvalue weighted by atomic mass is 19.4. The maximum absolute atomic E-state index is 15.3. The van der Waals surface area contributed by atoms with E-state index >= 15 is 4.39 Å². The molecule has 3 heterocycles. The second kappa shape index (κ2) is 11.0. The van der Waals surface area contributed by atoms with E-state index in [0.717, 1.165) is 11.8 Å². The van der Waals surface area contributed by atoms with E-state index in [1.807, 2.05) is 0 Å². The monoisotopic (exact) mass is 590 g/mol. The van der Waals surface area contributed by atoms with Crippen molar-refractivity contribution in [3.05, 3.63) is 63.5 Å². The lowest BCUT2D eigenvalue weighted by molar-refractivity contribution is -0.153. The molecule has 2 aromatic heterocycles. The summed E-state index contributed by atoms with van der Waals surface area (Å²) in [5.74, 6) is -9.87. The molecule has 0 saturated carbocycles. The molecule has 16 heteroatoms. The van der Waals surface area contributed by atoms with Crippen LogP contribution < -0.4 is 15.6 Å². The van der Waals surface area contributed by atoms with Crippen molar-refractivity contribution in [2.75, 3.05) is 18.0 Å². The number of pyridine rings is 2. The number of hydrogen-bond acceptors (Lipinski definition) is 6. The van der Waals surface area contributed by atoms with Crippen LogP contribution in [0.15, 0.2) is 29.2 Å². The summed E-state index contributed by atoms with van der Waals surface area (Å²) in [4.78, 5) is 42.2. The van der Waals surface area contributed by atoms with Gasteiger partial charge in [-0.2, -0.15) is 13.2 Å². The van der Waals surface area contributed by atoms with Gasteiger partial charge in [0, 0.05) is 37.3 Å². The molecule has 1 aromatic carbocycles. The number of amides is 1. The Balaban J connectivity index is 1.94. The summed E-state index contributed by atoms with van der Waals surface area (Å²) in [7, 11) is 0. The molecule has 220 valence electrons. The quantitative estimate of drug-likeness (QED) is 0.361. The number of rotatable bonds is 7. The van der Waals surface area contributed by atoms with Crippen molar-refractivity contribution in [2.45, 2.75) is 38.1 Å². The average molecular weight is 590 g/mol. The normalized spacial score (nSPS) is 18.1. The molecule has 1 aliphatic rings. The van der Waals surface area contributed by atoms with E-state index < -0.39 is 106 Å². The number of hydrogen-bond donors (Lipinski definition) is 3. The van der Waals surface area contributed by atoms with E-state index in [2.05, 4.69) is 4.98 Å². The van der Waals surface area contributed by atoms with E-state index in [9.17, 15) is 45.8 Å². The zero-order valence-corrected chi connectivity index (χ0v) is 21.0. The van der Waals surface area contributed by atoms with Crippen LogP contribution in [-0.2, 0) is 4.79 Å². The smallest absolute Gasteiger partial charge is 0.408 e. The molecule has 3 aromatic rings. The number of aliphatic hydroxyl groups is 1. The number of benzene rings is 1. The maximum Gasteiger partial charge on any atom is 0.408 e. The molecule has 4 rings (SSSR count). The summed E-state index contributed by atoms with van der Waals surface area (Å²) < 4.78 is 98.9. The standard InChI is InChI=1S/C25H21F7N4O5/c1-2-18(25(30,31)32)33-24(41)13-8-36(20-14(27)4-11(26)5-15(20)28)22-12(21(13)40)6-16(29)23(34-22)35-7-10(3-19(38)39)17(37)9-35/h4-6,8,10,17-18,37H,2-3,7,9H2,1H3,(H,33,41)(H,38,39)/t10-,17+,18+/m1/s1. The first kappa shape index (κ1) is 29.8. The van der Waals surface area contributed by atoms with Gasteiger partial charge in [0.1, 0.15) is 23.1 Å². The highest BCUT2D eigenvalue weighted by Gasteiger charge is 2.40. The van der Waals surface area contributed by atoms with Crippen LogP contribution in [0.1, 0.15) is 30.1 Å². The summed E-state index contributed by atoms with van der Waals surface area (Å²) in [6.45, 7) is 0.605. The zero-order chi connectivity index (χ0) is 30.4. The number of β-amino-alcohol motifs (C(OH)–C–C–N with tert-alkyl or cyclic N) is 1. The van der Waals surface area contributed by atoms with Crippen LogP contribution in [0.25, 0.3) is 16.7 Å². The first-order valence-electron chi connectivity index (χ1n) is 12.1. The van der Waals surface area contributed by atoms with Gasteiger partial charge < -0.3 is 20.4 Å². The number of carbonyl (C=O) groups is 2. The van der Waals surface area contributed by atoms with Crippen LogP contribution in [0.3, 0.4) is 0 Å². The van der Waals surface area contributed by atoms with E-state index in [0.29, 0.717) is 16.8 Å². The van der Waals surface area contributed by atoms with Gasteiger partial charge in [-0.1, -0.05) is 6.92 Å². The van der Waals surface area contributed by atoms with Crippen LogP contribution in [-0.4, -0.2) is 63.1 Å². The molecule has 0 unspecified atom stereocenters. The number of nitrogens with zero attached hydrogens (tertiary/aromatic N) is 3. The van der Waals surface area contributed by atoms with E-state index in [-0.39, 0.29) is 25.2 Å². The molecule has 1 saturated heterocycles. The number of nitrogens with one attached hydrogen (secondary N) is 1. The Hall–Kier alpha value is -4.21. The molecule has 3 atom stereocenters. The summed E-state index contributed by atoms with van der Waals surface area (Å²) in [5, 5.41) is 20.1. The number of aliphatic hydroxyl groups excluding tert-OH is 1. The largest absolute Gasteiger partial charge is 0.481 e. The molecule has 41 heavy (non-hydrogen) atoms. The maximum atomic E-state index is 15.3. The van der Waals surface area contributed by atoms with Gasteiger partial charge in [0.2, 0.25) is 5.43 Å². The number of aliphatic carboxylic acids is 1. The van der Waals surface area contributed by atoms with Crippen molar-refractivity contribution in [2.24, 2.45) is 5.92 Å². The second-order valence-corrected chi connectivity index (χ2v) is 9.43. The highest BCUT2D eigenvalue weighted by Crippen LogP contribution is 2.31. The molecule has 1 fully saturated rings. The lowest BCUT2D eigenvalue weighted by atomic mass is 10.0. The van der Waals surface area contributed by atoms with Gasteiger partial charge in [0.05, 0.1) is 17.9 Å². The van der Waals surface area contributed by atoms with Crippen molar-refractivity contribution < 1.29 is 50.5 Å². The van der Waals surface area contributed by atoms with Gasteiger partial charge in [-0.3, -0.25) is 19.0 Å². The van der Waals surface area contributed by atoms with Gasteiger partial charge in [-0.05, 0) is 12.5 Å². The van der Waals surface area contributed by atoms with E-state index in [4.69, 9.17) is 5.11 Å². The number of carbonyl (C=O) groups excluding carboxylic acids is 1. The van der Waals surface area contributed by atoms with Crippen molar-refractivity contribution in [1.29, 1.82) is 0 Å². The summed E-state index contributed by atoms with van der Waals surface area (Å²) in [6, 6.07) is -1.33. The van der Waals surface area contributed by atoms with Crippen LogP contribution in [0.4, 0.5) is 36.6 Å². The zero-order valence-electron chi connectivity index (χ0n) is 21.0. The number of fused-ring (bicyclic) bond motifs is 1. The number of carboxylic acid groups (broad SMARTS) is 1. The van der Waals surface area contributed by atoms with Crippen molar-refractivity contribution >= 4 is 28.7 Å². The molecule has 0 spiro atoms. The summed E-state index contributed by atoms with van der Waals surface area (Å²) in [5.41, 5.74) is -4.11. The van der Waals surface area contributed by atoms with Gasteiger partial charge in [-0.25, -0.2) is 22.5 Å². The third-order valence-corrected chi connectivity index (χ3v) is 6.63. The van der Waals surface area contributed by atoms with Gasteiger partial charge in [0.15, 0.2) is 28.9 Å². The van der Waals surface area contributed by atoms with Crippen molar-refractivity contribution in [3.63, 3.8) is 0 Å². The molecular formula is C25H21F7N4O5. The minimum absolute atomic E-state index is 0.206. The van der Waals surface area contributed by atoms with Crippen LogP contribution in [0.2, 0.25) is 0 Å². The Morgan fingerprint density at radius 2 is 1.73 bits per heavy atom. The fraction of sp³-hybridized carbons (Fsp3) is 0.360. The number of aromatic nitrogens is 2. The Morgan fingerprint density at radius 3 is 2.29 bits per heavy atom. The van der Waals surface area contributed by atoms with Crippen LogP contribution in [0.5, 0.6) is 0 Å². The Morgan fingerprint density at radius 1 is 1.10 bits per heavy atom. The number of halogens is 7. The number of anilines is 1. The fourth-order valence-corrected chi connectivity index (χ4v) is 4.64. The van der Waals surface area contributed by atoms with Gasteiger partial charge in [-0.15, -0.1) is 0 Å². The summed E-state index contributed by atoms with van der Waals surface area (Å²) in [6.07, 6.45) is -6.72. The topological polar surface area (TPSA) is 125 Å². The van der Waals surface area contributed by atoms with Gasteiger partial charge >= 0.3 is 12.1 Å². The van der Waals surface area contributed by atoms with Crippen molar-refractivity contribution in [3.8, 4) is 5.69 Å². The molecule has 0 aliphatic carbocycles. The van der Waals surface area contributed by atoms with Crippen molar-refractivity contribution in [1.82, 2.24) is 14.9 Å². The molecule has 3 N–H and O–H groups in total. The van der Waals surface area contributed by atoms with Gasteiger partial charge in [0.25, 0.3) is 5.91 Å². The predicted molar refractivity (Wildman–Crippen MR) is 129 cm³/mol. The Bertz CT molecular complexity index is 1570.